The summed E-state index contributed by atoms with van der Waals surface area (Å²) in [7, 11) is 1.62. The highest BCUT2D eigenvalue weighted by molar-refractivity contribution is 5.81. The molecule has 3 nitrogen and oxygen atoms in total. The summed E-state index contributed by atoms with van der Waals surface area (Å²) in [6.45, 7) is -0.112. The minimum Gasteiger partial charge on any atom is -0.346 e. The normalized spacial score (nSPS) is 13.2. The van der Waals surface area contributed by atoms with Crippen molar-refractivity contribution in [1.82, 2.24) is 10.6 Å². The molecule has 0 aliphatic carbocycles. The highest BCUT2D eigenvalue weighted by Crippen LogP contribution is 2.15. The zero-order valence-corrected chi connectivity index (χ0v) is 9.21. The van der Waals surface area contributed by atoms with Crippen LogP contribution in [-0.2, 0) is 4.79 Å². The van der Waals surface area contributed by atoms with Gasteiger partial charge in [-0.1, -0.05) is 30.3 Å². The van der Waals surface area contributed by atoms with E-state index in [0.717, 1.165) is 5.56 Å². The lowest BCUT2D eigenvalue weighted by atomic mass is 10.1. The van der Waals surface area contributed by atoms with Crippen LogP contribution in [0.3, 0.4) is 0 Å². The Bertz CT molecular complexity index is 365. The van der Waals surface area contributed by atoms with Gasteiger partial charge in [0.2, 0.25) is 0 Å². The Balaban J connectivity index is 2.58. The van der Waals surface area contributed by atoms with Crippen molar-refractivity contribution >= 4 is 5.91 Å². The van der Waals surface area contributed by atoms with Crippen molar-refractivity contribution in [2.75, 3.05) is 13.6 Å². The van der Waals surface area contributed by atoms with Crippen molar-refractivity contribution < 1.29 is 18.0 Å². The van der Waals surface area contributed by atoms with E-state index in [2.05, 4.69) is 5.32 Å². The zero-order chi connectivity index (χ0) is 12.9. The molecule has 1 unspecified atom stereocenters. The standard InChI is InChI=1S/C11H13F3N2O/c1-15-9(8-5-3-2-4-6-8)7-16-10(17)11(12,13)14/h2-6,9,15H,7H2,1H3,(H,16,17). The maximum absolute atomic E-state index is 12.0. The number of benzene rings is 1. The minimum atomic E-state index is -4.84. The summed E-state index contributed by atoms with van der Waals surface area (Å²) in [5.74, 6) is -1.92. The van der Waals surface area contributed by atoms with E-state index in [1.54, 1.807) is 31.3 Å². The number of alkyl halides is 3. The molecule has 0 heterocycles. The molecule has 0 radical (unpaired) electrons. The van der Waals surface area contributed by atoms with Crippen LogP contribution >= 0.6 is 0 Å². The Morgan fingerprint density at radius 3 is 2.35 bits per heavy atom. The fraction of sp³-hybridized carbons (Fsp3) is 0.364. The molecule has 1 aromatic carbocycles. The molecule has 0 spiro atoms. The lowest BCUT2D eigenvalue weighted by Gasteiger charge is -2.17. The highest BCUT2D eigenvalue weighted by atomic mass is 19.4. The van der Waals surface area contributed by atoms with Crippen LogP contribution in [0.5, 0.6) is 0 Å². The third-order valence-corrected chi connectivity index (χ3v) is 2.27. The van der Waals surface area contributed by atoms with Crippen LogP contribution in [0.2, 0.25) is 0 Å². The molecule has 94 valence electrons. The number of carbonyl (C=O) groups is 1. The van der Waals surface area contributed by atoms with E-state index in [-0.39, 0.29) is 12.6 Å². The SMILES string of the molecule is CNC(CNC(=O)C(F)(F)F)c1ccccc1. The van der Waals surface area contributed by atoms with Gasteiger partial charge >= 0.3 is 12.1 Å². The van der Waals surface area contributed by atoms with E-state index in [1.165, 1.54) is 0 Å². The van der Waals surface area contributed by atoms with Crippen molar-refractivity contribution in [3.8, 4) is 0 Å². The summed E-state index contributed by atoms with van der Waals surface area (Å²) in [5, 5.41) is 4.69. The second-order valence-electron chi connectivity index (χ2n) is 3.46. The number of hydrogen-bond acceptors (Lipinski definition) is 2. The number of hydrogen-bond donors (Lipinski definition) is 2. The lowest BCUT2D eigenvalue weighted by molar-refractivity contribution is -0.173. The Labute approximate surface area is 97.0 Å². The van der Waals surface area contributed by atoms with E-state index in [9.17, 15) is 18.0 Å². The fourth-order valence-electron chi connectivity index (χ4n) is 1.37. The summed E-state index contributed by atoms with van der Waals surface area (Å²) < 4.78 is 35.9. The van der Waals surface area contributed by atoms with E-state index in [0.29, 0.717) is 0 Å². The Kier molecular flexibility index (Phi) is 4.51. The molecule has 1 atom stereocenters. The quantitative estimate of drug-likeness (QED) is 0.847. The van der Waals surface area contributed by atoms with Gasteiger partial charge in [0.25, 0.3) is 0 Å². The van der Waals surface area contributed by atoms with Crippen LogP contribution in [0.25, 0.3) is 0 Å². The summed E-state index contributed by atoms with van der Waals surface area (Å²) in [6, 6.07) is 8.59. The van der Waals surface area contributed by atoms with Gasteiger partial charge in [0.15, 0.2) is 0 Å². The smallest absolute Gasteiger partial charge is 0.346 e. The Morgan fingerprint density at radius 2 is 1.88 bits per heavy atom. The Hall–Kier alpha value is -1.56. The average molecular weight is 246 g/mol. The monoisotopic (exact) mass is 246 g/mol. The van der Waals surface area contributed by atoms with Gasteiger partial charge < -0.3 is 10.6 Å². The van der Waals surface area contributed by atoms with Gasteiger partial charge in [-0.3, -0.25) is 4.79 Å². The van der Waals surface area contributed by atoms with Crippen LogP contribution < -0.4 is 10.6 Å². The van der Waals surface area contributed by atoms with Gasteiger partial charge in [0, 0.05) is 12.6 Å². The molecule has 1 rings (SSSR count). The minimum absolute atomic E-state index is 0.112. The summed E-state index contributed by atoms with van der Waals surface area (Å²) in [5.41, 5.74) is 0.817. The molecule has 2 N–H and O–H groups in total. The van der Waals surface area contributed by atoms with Gasteiger partial charge in [-0.05, 0) is 12.6 Å². The molecule has 0 bridgehead atoms. The molecular formula is C11H13F3N2O. The molecular weight excluding hydrogens is 233 g/mol. The largest absolute Gasteiger partial charge is 0.471 e. The van der Waals surface area contributed by atoms with Crippen LogP contribution in [0, 0.1) is 0 Å². The van der Waals surface area contributed by atoms with Crippen LogP contribution in [0.4, 0.5) is 13.2 Å². The highest BCUT2D eigenvalue weighted by Gasteiger charge is 2.38. The predicted octanol–water partition coefficient (Wildman–Crippen LogP) is 1.63. The van der Waals surface area contributed by atoms with Crippen molar-refractivity contribution in [2.45, 2.75) is 12.2 Å². The molecule has 0 aliphatic rings. The first-order valence-corrected chi connectivity index (χ1v) is 5.02. The van der Waals surface area contributed by atoms with Crippen molar-refractivity contribution in [3.05, 3.63) is 35.9 Å². The number of rotatable bonds is 4. The maximum Gasteiger partial charge on any atom is 0.471 e. The molecule has 0 saturated carbocycles. The Morgan fingerprint density at radius 1 is 1.29 bits per heavy atom. The van der Waals surface area contributed by atoms with Crippen molar-refractivity contribution in [3.63, 3.8) is 0 Å². The lowest BCUT2D eigenvalue weighted by Crippen LogP contribution is -2.41. The predicted molar refractivity (Wildman–Crippen MR) is 57.3 cm³/mol. The molecule has 0 saturated heterocycles. The molecule has 6 heteroatoms. The van der Waals surface area contributed by atoms with E-state index in [1.807, 2.05) is 11.4 Å². The van der Waals surface area contributed by atoms with Crippen LogP contribution in [0.1, 0.15) is 11.6 Å². The van der Waals surface area contributed by atoms with Gasteiger partial charge in [0.1, 0.15) is 0 Å². The number of nitrogens with one attached hydrogen (secondary N) is 2. The second kappa shape index (κ2) is 5.67. The van der Waals surface area contributed by atoms with E-state index in [4.69, 9.17) is 0 Å². The van der Waals surface area contributed by atoms with Gasteiger partial charge in [-0.15, -0.1) is 0 Å². The number of amides is 1. The molecule has 1 aromatic rings. The summed E-state index contributed by atoms with van der Waals surface area (Å²) in [6.07, 6.45) is -4.84. The van der Waals surface area contributed by atoms with Crippen LogP contribution in [0.15, 0.2) is 30.3 Å². The number of carbonyl (C=O) groups excluding carboxylic acids is 1. The molecule has 0 aromatic heterocycles. The molecule has 1 amide bonds. The maximum atomic E-state index is 12.0. The first-order chi connectivity index (χ1) is 7.95. The van der Waals surface area contributed by atoms with Gasteiger partial charge in [-0.25, -0.2) is 0 Å². The number of likely N-dealkylation sites (N-methyl/N-ethyl adjacent to an activating group) is 1. The van der Waals surface area contributed by atoms with Crippen LogP contribution in [-0.4, -0.2) is 25.7 Å². The third kappa shape index (κ3) is 4.07. The molecule has 0 aliphatic heterocycles. The van der Waals surface area contributed by atoms with E-state index >= 15 is 0 Å². The van der Waals surface area contributed by atoms with Gasteiger partial charge in [0.05, 0.1) is 0 Å². The summed E-state index contributed by atoms with van der Waals surface area (Å²) >= 11 is 0. The molecule has 17 heavy (non-hydrogen) atoms. The third-order valence-electron chi connectivity index (χ3n) is 2.27. The molecule has 0 fully saturated rings. The fourth-order valence-corrected chi connectivity index (χ4v) is 1.37. The van der Waals surface area contributed by atoms with Gasteiger partial charge in [-0.2, -0.15) is 13.2 Å². The zero-order valence-electron chi connectivity index (χ0n) is 9.21. The summed E-state index contributed by atoms with van der Waals surface area (Å²) in [4.78, 5) is 10.7. The van der Waals surface area contributed by atoms with E-state index < -0.39 is 12.1 Å². The second-order valence-corrected chi connectivity index (χ2v) is 3.46. The first-order valence-electron chi connectivity index (χ1n) is 5.02. The number of halogens is 3. The first kappa shape index (κ1) is 13.5. The van der Waals surface area contributed by atoms with Crippen molar-refractivity contribution in [1.29, 1.82) is 0 Å². The topological polar surface area (TPSA) is 41.1 Å². The average Bonchev–Trinajstić information content (AvgIpc) is 2.29. The van der Waals surface area contributed by atoms with Crippen molar-refractivity contribution in [2.24, 2.45) is 0 Å².